The van der Waals surface area contributed by atoms with Crippen LogP contribution in [0.15, 0.2) is 12.3 Å². The number of anilines is 1. The normalized spacial score (nSPS) is 22.8. The molecule has 1 amide bonds. The van der Waals surface area contributed by atoms with Crippen molar-refractivity contribution in [1.29, 1.82) is 0 Å². The lowest BCUT2D eigenvalue weighted by Crippen LogP contribution is -2.34. The van der Waals surface area contributed by atoms with Crippen molar-refractivity contribution in [3.63, 3.8) is 0 Å². The van der Waals surface area contributed by atoms with Gasteiger partial charge in [0.05, 0.1) is 11.2 Å². The van der Waals surface area contributed by atoms with E-state index in [-0.39, 0.29) is 17.9 Å². The quantitative estimate of drug-likeness (QED) is 0.747. The summed E-state index contributed by atoms with van der Waals surface area (Å²) in [6.45, 7) is 0. The highest BCUT2D eigenvalue weighted by Crippen LogP contribution is 2.40. The zero-order valence-corrected chi connectivity index (χ0v) is 15.5. The fraction of sp³-hybridized carbons (Fsp3) is 0.556. The number of nitrogens with one attached hydrogen (secondary N) is 3. The number of carbonyl (C=O) groups excluding carboxylic acids is 1. The van der Waals surface area contributed by atoms with Crippen molar-refractivity contribution in [2.45, 2.75) is 50.5 Å². The lowest BCUT2D eigenvalue weighted by Gasteiger charge is -2.28. The smallest absolute Gasteiger partial charge is 0.223 e. The monoisotopic (exact) mass is 374 g/mol. The average Bonchev–Trinajstić information content (AvgIpc) is 3.40. The van der Waals surface area contributed by atoms with Crippen LogP contribution in [-0.2, 0) is 4.79 Å². The van der Waals surface area contributed by atoms with E-state index < -0.39 is 0 Å². The van der Waals surface area contributed by atoms with E-state index in [1.165, 1.54) is 12.8 Å². The average molecular weight is 375 g/mol. The van der Waals surface area contributed by atoms with Crippen molar-refractivity contribution in [2.24, 2.45) is 5.92 Å². The summed E-state index contributed by atoms with van der Waals surface area (Å²) in [5, 5.41) is 14.1. The van der Waals surface area contributed by atoms with Gasteiger partial charge in [-0.15, -0.1) is 0 Å². The van der Waals surface area contributed by atoms with Crippen LogP contribution >= 0.6 is 11.6 Å². The molecule has 26 heavy (non-hydrogen) atoms. The molecule has 8 heteroatoms. The number of aromatic nitrogens is 4. The van der Waals surface area contributed by atoms with Crippen molar-refractivity contribution in [1.82, 2.24) is 25.5 Å². The molecule has 2 heterocycles. The second-order valence-electron chi connectivity index (χ2n) is 7.18. The summed E-state index contributed by atoms with van der Waals surface area (Å²) in [7, 11) is 1.69. The van der Waals surface area contributed by atoms with Gasteiger partial charge >= 0.3 is 0 Å². The van der Waals surface area contributed by atoms with Crippen LogP contribution in [-0.4, -0.2) is 39.2 Å². The second kappa shape index (κ2) is 7.23. The standard InChI is InChI=1S/C18H23ClN6O/c1-20-17(26)11-4-6-12(7-5-11)22-18-21-9-13(19)16(23-18)15-8-14(24-25-15)10-2-3-10/h8-12H,2-7H2,1H3,(H,20,26)(H,24,25)(H,21,22,23). The molecule has 2 fully saturated rings. The number of amides is 1. The van der Waals surface area contributed by atoms with Crippen LogP contribution in [0.4, 0.5) is 5.95 Å². The molecule has 0 unspecified atom stereocenters. The number of hydrogen-bond donors (Lipinski definition) is 3. The van der Waals surface area contributed by atoms with Gasteiger partial charge in [-0.25, -0.2) is 9.97 Å². The molecule has 2 saturated carbocycles. The first-order valence-corrected chi connectivity index (χ1v) is 9.58. The van der Waals surface area contributed by atoms with E-state index in [1.54, 1.807) is 13.2 Å². The molecule has 2 aliphatic carbocycles. The lowest BCUT2D eigenvalue weighted by atomic mass is 9.85. The minimum Gasteiger partial charge on any atom is -0.359 e. The maximum Gasteiger partial charge on any atom is 0.223 e. The van der Waals surface area contributed by atoms with Crippen LogP contribution in [0.25, 0.3) is 11.4 Å². The van der Waals surface area contributed by atoms with Gasteiger partial charge < -0.3 is 10.6 Å². The summed E-state index contributed by atoms with van der Waals surface area (Å²) in [6, 6.07) is 2.30. The molecule has 0 atom stereocenters. The maximum absolute atomic E-state index is 11.7. The van der Waals surface area contributed by atoms with Gasteiger partial charge in [0.1, 0.15) is 11.4 Å². The van der Waals surface area contributed by atoms with Crippen molar-refractivity contribution in [2.75, 3.05) is 12.4 Å². The first-order valence-electron chi connectivity index (χ1n) is 9.20. The number of halogens is 1. The summed E-state index contributed by atoms with van der Waals surface area (Å²) in [5.41, 5.74) is 2.55. The van der Waals surface area contributed by atoms with Gasteiger partial charge in [-0.2, -0.15) is 5.10 Å². The molecule has 0 saturated heterocycles. The third-order valence-electron chi connectivity index (χ3n) is 5.28. The molecule has 0 spiro atoms. The lowest BCUT2D eigenvalue weighted by molar-refractivity contribution is -0.125. The van der Waals surface area contributed by atoms with Gasteiger partial charge in [-0.05, 0) is 44.6 Å². The molecule has 2 aromatic heterocycles. The van der Waals surface area contributed by atoms with E-state index in [4.69, 9.17) is 11.6 Å². The number of hydrogen-bond acceptors (Lipinski definition) is 5. The molecule has 0 radical (unpaired) electrons. The zero-order valence-electron chi connectivity index (χ0n) is 14.8. The summed E-state index contributed by atoms with van der Waals surface area (Å²) >= 11 is 6.30. The van der Waals surface area contributed by atoms with E-state index in [9.17, 15) is 4.79 Å². The molecule has 3 N–H and O–H groups in total. The van der Waals surface area contributed by atoms with Crippen LogP contribution in [0, 0.1) is 5.92 Å². The Hall–Kier alpha value is -2.15. The van der Waals surface area contributed by atoms with Gasteiger partial charge in [0.25, 0.3) is 0 Å². The number of carbonyl (C=O) groups is 1. The van der Waals surface area contributed by atoms with Crippen molar-refractivity contribution >= 4 is 23.5 Å². The number of nitrogens with zero attached hydrogens (tertiary/aromatic N) is 3. The summed E-state index contributed by atoms with van der Waals surface area (Å²) in [4.78, 5) is 20.6. The van der Waals surface area contributed by atoms with Crippen molar-refractivity contribution in [3.8, 4) is 11.4 Å². The minimum absolute atomic E-state index is 0.115. The summed E-state index contributed by atoms with van der Waals surface area (Å²) in [5.74, 6) is 1.41. The van der Waals surface area contributed by atoms with Gasteiger partial charge in [0, 0.05) is 30.6 Å². The molecule has 2 aliphatic rings. The zero-order chi connectivity index (χ0) is 18.1. The molecular weight excluding hydrogens is 352 g/mol. The Morgan fingerprint density at radius 3 is 2.69 bits per heavy atom. The topological polar surface area (TPSA) is 95.6 Å². The number of H-pyrrole nitrogens is 1. The fourth-order valence-corrected chi connectivity index (χ4v) is 3.75. The first-order chi connectivity index (χ1) is 12.6. The molecular formula is C18H23ClN6O. The third-order valence-corrected chi connectivity index (χ3v) is 5.56. The molecule has 4 rings (SSSR count). The summed E-state index contributed by atoms with van der Waals surface area (Å²) in [6.07, 6.45) is 7.65. The van der Waals surface area contributed by atoms with Gasteiger partial charge in [0.2, 0.25) is 11.9 Å². The van der Waals surface area contributed by atoms with E-state index in [1.807, 2.05) is 6.07 Å². The highest BCUT2D eigenvalue weighted by Gasteiger charge is 2.27. The van der Waals surface area contributed by atoms with Crippen LogP contribution in [0.5, 0.6) is 0 Å². The van der Waals surface area contributed by atoms with Crippen LogP contribution in [0.1, 0.15) is 50.1 Å². The Labute approximate surface area is 157 Å². The Morgan fingerprint density at radius 1 is 1.23 bits per heavy atom. The second-order valence-corrected chi connectivity index (χ2v) is 7.59. The van der Waals surface area contributed by atoms with Crippen molar-refractivity contribution < 1.29 is 4.79 Å². The Morgan fingerprint density at radius 2 is 2.00 bits per heavy atom. The van der Waals surface area contributed by atoms with E-state index in [0.717, 1.165) is 37.1 Å². The van der Waals surface area contributed by atoms with Crippen LogP contribution in [0.2, 0.25) is 5.02 Å². The minimum atomic E-state index is 0.115. The van der Waals surface area contributed by atoms with E-state index in [0.29, 0.717) is 22.6 Å². The fourth-order valence-electron chi connectivity index (χ4n) is 3.56. The van der Waals surface area contributed by atoms with Gasteiger partial charge in [-0.1, -0.05) is 11.6 Å². The Bertz CT molecular complexity index is 795. The number of aromatic amines is 1. The predicted octanol–water partition coefficient (Wildman–Crippen LogP) is 3.11. The Kier molecular flexibility index (Phi) is 4.80. The highest BCUT2D eigenvalue weighted by molar-refractivity contribution is 6.32. The van der Waals surface area contributed by atoms with Gasteiger partial charge in [0.15, 0.2) is 0 Å². The highest BCUT2D eigenvalue weighted by atomic mass is 35.5. The molecule has 2 aromatic rings. The predicted molar refractivity (Wildman–Crippen MR) is 100 cm³/mol. The summed E-state index contributed by atoms with van der Waals surface area (Å²) < 4.78 is 0. The maximum atomic E-state index is 11.7. The van der Waals surface area contributed by atoms with E-state index in [2.05, 4.69) is 30.8 Å². The Balaban J connectivity index is 1.44. The number of rotatable bonds is 5. The molecule has 0 aromatic carbocycles. The van der Waals surface area contributed by atoms with Crippen LogP contribution in [0.3, 0.4) is 0 Å². The van der Waals surface area contributed by atoms with E-state index >= 15 is 0 Å². The van der Waals surface area contributed by atoms with Crippen LogP contribution < -0.4 is 10.6 Å². The SMILES string of the molecule is CNC(=O)C1CCC(Nc2ncc(Cl)c(-c3cc(C4CC4)[nH]n3)n2)CC1. The largest absolute Gasteiger partial charge is 0.359 e. The van der Waals surface area contributed by atoms with Crippen molar-refractivity contribution in [3.05, 3.63) is 23.0 Å². The molecule has 138 valence electrons. The molecule has 7 nitrogen and oxygen atoms in total. The molecule has 0 aliphatic heterocycles. The first kappa shape index (κ1) is 17.3. The third kappa shape index (κ3) is 3.67. The van der Waals surface area contributed by atoms with Gasteiger partial charge in [-0.3, -0.25) is 9.89 Å². The molecule has 0 bridgehead atoms.